The molecule has 1 aliphatic rings. The fraction of sp³-hybridized carbons (Fsp3) is 0.409. The van der Waals surface area contributed by atoms with E-state index in [-0.39, 0.29) is 6.10 Å². The van der Waals surface area contributed by atoms with Crippen LogP contribution in [0.15, 0.2) is 42.6 Å². The summed E-state index contributed by atoms with van der Waals surface area (Å²) in [6, 6.07) is 12.1. The van der Waals surface area contributed by atoms with E-state index in [1.165, 1.54) is 5.69 Å². The molecule has 0 spiro atoms. The van der Waals surface area contributed by atoms with Crippen LogP contribution in [-0.2, 0) is 6.54 Å². The van der Waals surface area contributed by atoms with Gasteiger partial charge in [-0.25, -0.2) is 4.98 Å². The van der Waals surface area contributed by atoms with Gasteiger partial charge in [-0.05, 0) is 69.8 Å². The minimum Gasteiger partial charge on any atom is -0.491 e. The summed E-state index contributed by atoms with van der Waals surface area (Å²) in [4.78, 5) is 7.41. The van der Waals surface area contributed by atoms with Gasteiger partial charge in [0.2, 0.25) is 0 Å². The third kappa shape index (κ3) is 4.32. The lowest BCUT2D eigenvalue weighted by molar-refractivity contribution is 0.242. The molecule has 28 heavy (non-hydrogen) atoms. The normalized spacial score (nSPS) is 15.9. The van der Waals surface area contributed by atoms with Crippen LogP contribution < -0.4 is 10.1 Å². The van der Waals surface area contributed by atoms with E-state index in [0.717, 1.165) is 66.8 Å². The first-order valence-electron chi connectivity index (χ1n) is 9.97. The summed E-state index contributed by atoms with van der Waals surface area (Å²) < 4.78 is 7.92. The number of benzene rings is 1. The number of pyridine rings is 1. The molecule has 148 valence electrons. The summed E-state index contributed by atoms with van der Waals surface area (Å²) in [7, 11) is 0. The molecule has 1 N–H and O–H groups in total. The van der Waals surface area contributed by atoms with Gasteiger partial charge in [0, 0.05) is 31.4 Å². The number of halogens is 1. The van der Waals surface area contributed by atoms with E-state index in [1.807, 2.05) is 44.3 Å². The molecule has 0 amide bonds. The predicted octanol–water partition coefficient (Wildman–Crippen LogP) is 4.24. The lowest BCUT2D eigenvalue weighted by atomic mass is 10.1. The highest BCUT2D eigenvalue weighted by Gasteiger charge is 2.18. The van der Waals surface area contributed by atoms with Crippen LogP contribution >= 0.6 is 11.6 Å². The molecular weight excluding hydrogens is 372 g/mol. The Morgan fingerprint density at radius 2 is 1.93 bits per heavy atom. The van der Waals surface area contributed by atoms with Crippen molar-refractivity contribution in [1.29, 1.82) is 0 Å². The van der Waals surface area contributed by atoms with E-state index in [1.54, 1.807) is 0 Å². The number of hydrogen-bond acceptors (Lipinski definition) is 4. The Balaban J connectivity index is 1.72. The molecule has 0 saturated carbocycles. The molecule has 3 aromatic rings. The zero-order valence-electron chi connectivity index (χ0n) is 16.5. The van der Waals surface area contributed by atoms with E-state index >= 15 is 0 Å². The Kier molecular flexibility index (Phi) is 5.85. The zero-order valence-corrected chi connectivity index (χ0v) is 17.2. The highest BCUT2D eigenvalue weighted by atomic mass is 35.5. The largest absolute Gasteiger partial charge is 0.491 e. The fourth-order valence-electron chi connectivity index (χ4n) is 3.68. The minimum atomic E-state index is 0.162. The van der Waals surface area contributed by atoms with Gasteiger partial charge in [0.15, 0.2) is 0 Å². The van der Waals surface area contributed by atoms with Crippen LogP contribution in [0.5, 0.6) is 5.75 Å². The number of nitrogens with one attached hydrogen (secondary N) is 1. The smallest absolute Gasteiger partial charge is 0.137 e. The summed E-state index contributed by atoms with van der Waals surface area (Å²) in [5.74, 6) is 0.880. The van der Waals surface area contributed by atoms with Gasteiger partial charge < -0.3 is 14.5 Å². The second-order valence-electron chi connectivity index (χ2n) is 7.55. The molecule has 0 unspecified atom stereocenters. The summed E-state index contributed by atoms with van der Waals surface area (Å²) in [6.45, 7) is 9.15. The molecule has 4 rings (SSSR count). The van der Waals surface area contributed by atoms with Gasteiger partial charge >= 0.3 is 0 Å². The maximum Gasteiger partial charge on any atom is 0.137 e. The topological polar surface area (TPSA) is 41.8 Å². The van der Waals surface area contributed by atoms with Gasteiger partial charge in [-0.2, -0.15) is 0 Å². The van der Waals surface area contributed by atoms with Crippen molar-refractivity contribution in [2.75, 3.05) is 26.2 Å². The van der Waals surface area contributed by atoms with Gasteiger partial charge in [0.05, 0.1) is 22.5 Å². The third-order valence-electron chi connectivity index (χ3n) is 4.99. The van der Waals surface area contributed by atoms with Crippen LogP contribution in [0, 0.1) is 0 Å². The van der Waals surface area contributed by atoms with E-state index < -0.39 is 0 Å². The molecule has 5 nitrogen and oxygen atoms in total. The molecule has 1 fully saturated rings. The molecule has 1 aliphatic heterocycles. The van der Waals surface area contributed by atoms with Crippen LogP contribution in [0.3, 0.4) is 0 Å². The average Bonchev–Trinajstić information content (AvgIpc) is 2.84. The van der Waals surface area contributed by atoms with Crippen molar-refractivity contribution in [1.82, 2.24) is 19.6 Å². The number of nitrogens with zero attached hydrogens (tertiary/aromatic N) is 3. The molecule has 0 aliphatic carbocycles. The highest BCUT2D eigenvalue weighted by molar-refractivity contribution is 6.30. The van der Waals surface area contributed by atoms with E-state index in [2.05, 4.69) is 26.8 Å². The Bertz CT molecular complexity index is 928. The lowest BCUT2D eigenvalue weighted by Crippen LogP contribution is -2.28. The standard InChI is InChI=1S/C22H27ClN4O/c1-16(2)28-19-7-4-17(5-8-19)22-20(15-26-12-3-10-24-11-13-26)27-14-18(23)6-9-21(27)25-22/h4-9,14,16,24H,3,10-13,15H2,1-2H3. The van der Waals surface area contributed by atoms with Gasteiger partial charge in [-0.1, -0.05) is 11.6 Å². The maximum absolute atomic E-state index is 6.30. The molecule has 2 aromatic heterocycles. The number of ether oxygens (including phenoxy) is 1. The first-order valence-corrected chi connectivity index (χ1v) is 10.3. The van der Waals surface area contributed by atoms with Crippen LogP contribution in [0.2, 0.25) is 5.02 Å². The van der Waals surface area contributed by atoms with Crippen molar-refractivity contribution < 1.29 is 4.74 Å². The van der Waals surface area contributed by atoms with Gasteiger partial charge in [0.25, 0.3) is 0 Å². The Labute approximate surface area is 171 Å². The molecule has 0 atom stereocenters. The van der Waals surface area contributed by atoms with Crippen molar-refractivity contribution >= 4 is 17.2 Å². The summed E-state index contributed by atoms with van der Waals surface area (Å²) in [6.07, 6.45) is 3.29. The van der Waals surface area contributed by atoms with Crippen LogP contribution in [-0.4, -0.2) is 46.6 Å². The quantitative estimate of drug-likeness (QED) is 0.698. The highest BCUT2D eigenvalue weighted by Crippen LogP contribution is 2.28. The summed E-state index contributed by atoms with van der Waals surface area (Å²) in [5, 5.41) is 4.19. The first-order chi connectivity index (χ1) is 13.6. The maximum atomic E-state index is 6.30. The monoisotopic (exact) mass is 398 g/mol. The SMILES string of the molecule is CC(C)Oc1ccc(-c2nc3ccc(Cl)cn3c2CN2CCCNCC2)cc1. The number of imidazole rings is 1. The van der Waals surface area contributed by atoms with E-state index in [9.17, 15) is 0 Å². The Morgan fingerprint density at radius 1 is 1.11 bits per heavy atom. The van der Waals surface area contributed by atoms with Crippen LogP contribution in [0.25, 0.3) is 16.9 Å². The molecule has 1 saturated heterocycles. The number of hydrogen-bond donors (Lipinski definition) is 1. The second-order valence-corrected chi connectivity index (χ2v) is 7.99. The summed E-state index contributed by atoms with van der Waals surface area (Å²) in [5.41, 5.74) is 4.20. The van der Waals surface area contributed by atoms with Crippen molar-refractivity contribution in [2.24, 2.45) is 0 Å². The second kappa shape index (κ2) is 8.52. The molecule has 1 aromatic carbocycles. The first kappa shape index (κ1) is 19.2. The number of aromatic nitrogens is 2. The van der Waals surface area contributed by atoms with Crippen molar-refractivity contribution in [3.05, 3.63) is 53.3 Å². The third-order valence-corrected chi connectivity index (χ3v) is 5.21. The van der Waals surface area contributed by atoms with E-state index in [0.29, 0.717) is 0 Å². The van der Waals surface area contributed by atoms with Crippen molar-refractivity contribution in [3.8, 4) is 17.0 Å². The zero-order chi connectivity index (χ0) is 19.5. The van der Waals surface area contributed by atoms with Crippen molar-refractivity contribution in [2.45, 2.75) is 32.9 Å². The molecule has 0 radical (unpaired) electrons. The minimum absolute atomic E-state index is 0.162. The molecule has 6 heteroatoms. The predicted molar refractivity (Wildman–Crippen MR) is 114 cm³/mol. The Morgan fingerprint density at radius 3 is 2.71 bits per heavy atom. The molecule has 0 bridgehead atoms. The van der Waals surface area contributed by atoms with E-state index in [4.69, 9.17) is 21.3 Å². The van der Waals surface area contributed by atoms with Gasteiger partial charge in [-0.15, -0.1) is 0 Å². The summed E-state index contributed by atoms with van der Waals surface area (Å²) >= 11 is 6.30. The average molecular weight is 399 g/mol. The fourth-order valence-corrected chi connectivity index (χ4v) is 3.85. The number of rotatable bonds is 5. The lowest BCUT2D eigenvalue weighted by Gasteiger charge is -2.20. The number of fused-ring (bicyclic) bond motifs is 1. The van der Waals surface area contributed by atoms with Gasteiger partial charge in [0.1, 0.15) is 11.4 Å². The molecule has 3 heterocycles. The van der Waals surface area contributed by atoms with Gasteiger partial charge in [-0.3, -0.25) is 4.90 Å². The van der Waals surface area contributed by atoms with Crippen LogP contribution in [0.4, 0.5) is 0 Å². The Hall–Kier alpha value is -2.08. The van der Waals surface area contributed by atoms with Crippen LogP contribution in [0.1, 0.15) is 26.0 Å². The van der Waals surface area contributed by atoms with Crippen molar-refractivity contribution in [3.63, 3.8) is 0 Å². The molecular formula is C22H27ClN4O.